The van der Waals surface area contributed by atoms with Crippen molar-refractivity contribution >= 4 is 0 Å². The second-order valence-electron chi connectivity index (χ2n) is 44.5. The second kappa shape index (κ2) is 52.7. The Labute approximate surface area is 871 Å². The lowest BCUT2D eigenvalue weighted by atomic mass is 9.61. The minimum absolute atomic E-state index is 0.00159. The van der Waals surface area contributed by atoms with Crippen molar-refractivity contribution in [3.05, 3.63) is 285 Å². The molecule has 8 saturated carbocycles. The molecule has 14 atom stereocenters. The van der Waals surface area contributed by atoms with Crippen LogP contribution in [0.1, 0.15) is 373 Å². The third-order valence-electron chi connectivity index (χ3n) is 37.8. The Bertz CT molecular complexity index is 5110. The van der Waals surface area contributed by atoms with Crippen LogP contribution in [-0.2, 0) is 58.5 Å². The number of likely N-dealkylation sites (N-methyl/N-ethyl adjacent to an activating group) is 3. The summed E-state index contributed by atoms with van der Waals surface area (Å²) in [6, 6.07) is 74.4. The van der Waals surface area contributed by atoms with E-state index >= 15 is 0 Å². The maximum absolute atomic E-state index is 14.8. The molecule has 5 N–H and O–H groups in total. The maximum atomic E-state index is 14.8. The summed E-state index contributed by atoms with van der Waals surface area (Å²) in [5, 5.41) is 17.8. The quantitative estimate of drug-likeness (QED) is 0.0374. The standard InChI is InChI=1S/C18H27NO.C17H25NO.C17H27N.C16H23F2N.C16H23NO.C16H25N.C15H23N.C14H19F2N/c1-3-19(4-2)18(16-10-6-5-7-11-16)13-9-8-12-17(18)14-15-20-17;1-3-18-17(15-9-5-4-8-14(15)2)11-7-6-10-16(17)12-13-19-16;1-4-18(5-2)17(14-10-9-11-15(17)3)16-12-7-6-8-13-16;1-3-19(4-2)15(14-10-6-5-7-11-14)12-8-9-13-16(15,17)18;1-13-7-3-4-8-14(13)16(17-2)10-6-5-9-15(16)11-12-18-15;1-4-17-16(12-8-7-10-14(16)3)15-11-6-5-9-13(15)2;1-12-8-4-5-10-14(12)15(16-3)11-7-6-9-13(15)2;1-11-7-3-4-8-12(11)13(17-2)9-5-6-10-14(13,15)16/h5-7,10-11H,3-4,8-9,12-15H2,1-2H3;4-5,8-9,18H,3,6-7,10-13H2,1-2H3;6-8,12-13,15H,4-5,9-11,14H2,1-3H3;5-7,10-11H,3-4,8-9,12-13H2,1-2H3;3-4,7-8,17H,5-6,9-12H2,1-2H3;5-6,9,11,14,17H,4,7-8,10,12H2,1-3H3;4-5,8,10,13,16H,6-7,9,11H2,1-3H3;3-4,7-8,17H,5-6,9-10H2,1-2H3/t17?,18-;16?,17-;15?,17-;15-;15?,16-;14?,16-;13?,15-;13-/m00100110/s1. The van der Waals surface area contributed by atoms with Crippen LogP contribution < -0.4 is 26.6 Å². The number of nitrogens with one attached hydrogen (secondary N) is 5. The molecule has 6 unspecified atom stereocenters. The highest BCUT2D eigenvalue weighted by molar-refractivity contribution is 5.43. The van der Waals surface area contributed by atoms with Crippen LogP contribution in [0.2, 0.25) is 0 Å². The molecule has 0 bridgehead atoms. The molecule has 0 radical (unpaired) electrons. The van der Waals surface area contributed by atoms with Gasteiger partial charge >= 0.3 is 0 Å². The summed E-state index contributed by atoms with van der Waals surface area (Å²) in [6.07, 6.45) is 38.9. The van der Waals surface area contributed by atoms with Crippen molar-refractivity contribution in [3.63, 3.8) is 0 Å². The lowest BCUT2D eigenvalue weighted by Gasteiger charge is -2.62. The number of ether oxygens (including phenoxy) is 3. The number of hydrogen-bond donors (Lipinski definition) is 5. The topological polar surface area (TPSA) is 97.6 Å². The van der Waals surface area contributed by atoms with Crippen molar-refractivity contribution in [2.24, 2.45) is 17.8 Å². The van der Waals surface area contributed by atoms with E-state index in [9.17, 15) is 17.6 Å². The van der Waals surface area contributed by atoms with Gasteiger partial charge in [-0.3, -0.25) is 14.7 Å². The Morgan fingerprint density at radius 2 is 0.562 bits per heavy atom. The fraction of sp³-hybridized carbons (Fsp3) is 0.628. The molecule has 144 heavy (non-hydrogen) atoms. The highest BCUT2D eigenvalue weighted by Gasteiger charge is 2.64. The van der Waals surface area contributed by atoms with E-state index in [2.05, 4.69) is 298 Å². The van der Waals surface area contributed by atoms with Crippen LogP contribution in [0, 0.1) is 52.4 Å². The molecule has 3 spiro atoms. The van der Waals surface area contributed by atoms with E-state index in [0.717, 1.165) is 106 Å². The molecule has 3 heterocycles. The third kappa shape index (κ3) is 23.2. The fourth-order valence-electron chi connectivity index (χ4n) is 30.1. The van der Waals surface area contributed by atoms with Crippen LogP contribution in [0.15, 0.2) is 212 Å². The zero-order valence-corrected chi connectivity index (χ0v) is 93.0. The minimum Gasteiger partial charge on any atom is -0.373 e. The van der Waals surface area contributed by atoms with Crippen LogP contribution >= 0.6 is 0 Å². The Kier molecular flexibility index (Phi) is 42.3. The van der Waals surface area contributed by atoms with E-state index in [-0.39, 0.29) is 62.9 Å². The van der Waals surface area contributed by atoms with Crippen molar-refractivity contribution in [2.45, 2.75) is 408 Å². The van der Waals surface area contributed by atoms with Crippen molar-refractivity contribution < 1.29 is 31.8 Å². The predicted molar refractivity (Wildman–Crippen MR) is 597 cm³/mol. The van der Waals surface area contributed by atoms with Crippen molar-refractivity contribution in [1.29, 1.82) is 0 Å². The smallest absolute Gasteiger partial charge is 0.270 e. The lowest BCUT2D eigenvalue weighted by Crippen LogP contribution is -2.68. The SMILES string of the molecule is CCN(CC)[C@]1(c2ccccc2)CCCCC1(F)F.CCN(CC)[C@]1(c2ccccc2)CCCCC12CCO2.CCN(CC)[C@]1(c2ccccc2)CCCCC1C.CCN[C@]1(c2ccccc2C)CCCCC12CCO2.CCN[C@]1(c2ccccc2C)CCCCC1C.CN[C@]1(c2ccccc2C)CCCCC1(F)F.CN[C@]1(c2ccccc2C)CCCCC12CCO2.CN[C@]1(c2ccccc2C)CCCCC1C. The molecule has 8 aliphatic carbocycles. The van der Waals surface area contributed by atoms with Gasteiger partial charge in [0.15, 0.2) is 0 Å². The largest absolute Gasteiger partial charge is 0.373 e. The number of rotatable bonds is 24. The van der Waals surface area contributed by atoms with E-state index in [1.54, 1.807) is 7.05 Å². The molecule has 11 nitrogen and oxygen atoms in total. The second-order valence-corrected chi connectivity index (χ2v) is 44.5. The third-order valence-corrected chi connectivity index (χ3v) is 37.8. The van der Waals surface area contributed by atoms with E-state index in [1.807, 2.05) is 80.3 Å². The molecule has 11 aliphatic rings. The molecule has 0 aromatic heterocycles. The number of nitrogens with zero attached hydrogens (tertiary/aromatic N) is 3. The van der Waals surface area contributed by atoms with Gasteiger partial charge in [-0.15, -0.1) is 0 Å². The molecular formula is C129H192F4N8O3. The van der Waals surface area contributed by atoms with Crippen LogP contribution in [0.5, 0.6) is 0 Å². The van der Waals surface area contributed by atoms with E-state index in [1.165, 1.54) is 229 Å². The van der Waals surface area contributed by atoms with Crippen molar-refractivity contribution in [1.82, 2.24) is 41.3 Å². The summed E-state index contributed by atoms with van der Waals surface area (Å²) >= 11 is 0. The van der Waals surface area contributed by atoms with E-state index < -0.39 is 22.9 Å². The van der Waals surface area contributed by atoms with Gasteiger partial charge in [0.1, 0.15) is 11.1 Å². The van der Waals surface area contributed by atoms with Gasteiger partial charge in [0, 0.05) is 48.7 Å². The zero-order valence-electron chi connectivity index (χ0n) is 93.0. The molecule has 8 aromatic carbocycles. The van der Waals surface area contributed by atoms with Gasteiger partial charge in [0.05, 0.1) is 53.2 Å². The molecule has 19 rings (SSSR count). The summed E-state index contributed by atoms with van der Waals surface area (Å²) in [6.45, 7) is 46.3. The van der Waals surface area contributed by atoms with Gasteiger partial charge in [-0.25, -0.2) is 17.6 Å². The average molecular weight is 1980 g/mol. The summed E-state index contributed by atoms with van der Waals surface area (Å²) < 4.78 is 76.8. The van der Waals surface area contributed by atoms with Gasteiger partial charge in [-0.05, 0) is 301 Å². The van der Waals surface area contributed by atoms with E-state index in [0.29, 0.717) is 38.8 Å². The summed E-state index contributed by atoms with van der Waals surface area (Å²) in [5.74, 6) is -3.11. The van der Waals surface area contributed by atoms with Crippen molar-refractivity contribution in [3.8, 4) is 0 Å². The van der Waals surface area contributed by atoms with Gasteiger partial charge in [-0.2, -0.15) is 0 Å². The molecule has 8 aromatic rings. The molecule has 15 heteroatoms. The highest BCUT2D eigenvalue weighted by Crippen LogP contribution is 2.60. The monoisotopic (exact) mass is 1980 g/mol. The average Bonchev–Trinajstić information content (AvgIpc) is 0.669. The predicted octanol–water partition coefficient (Wildman–Crippen LogP) is 30.7. The number of benzene rings is 8. The van der Waals surface area contributed by atoms with E-state index in [4.69, 9.17) is 14.2 Å². The molecule has 3 saturated heterocycles. The molecule has 0 amide bonds. The zero-order chi connectivity index (χ0) is 103. The first-order chi connectivity index (χ1) is 69.5. The molecule has 794 valence electrons. The Hall–Kier alpha value is -6.96. The molecular weight excluding hydrogens is 1790 g/mol. The van der Waals surface area contributed by atoms with Crippen LogP contribution in [-0.4, -0.2) is 137 Å². The molecule has 11 fully saturated rings. The van der Waals surface area contributed by atoms with Crippen LogP contribution in [0.4, 0.5) is 17.6 Å². The Balaban J connectivity index is 0.000000147. The summed E-state index contributed by atoms with van der Waals surface area (Å²) in [7, 11) is 5.86. The highest BCUT2D eigenvalue weighted by atomic mass is 19.3. The fourth-order valence-corrected chi connectivity index (χ4v) is 30.1. The Morgan fingerprint density at radius 1 is 0.264 bits per heavy atom. The summed E-state index contributed by atoms with van der Waals surface area (Å²) in [5.41, 5.74) is 15.7. The van der Waals surface area contributed by atoms with Gasteiger partial charge in [0.25, 0.3) is 11.8 Å². The molecule has 3 aliphatic heterocycles. The Morgan fingerprint density at radius 3 is 0.938 bits per heavy atom. The number of hydrogen-bond acceptors (Lipinski definition) is 11. The number of alkyl halides is 4. The van der Waals surface area contributed by atoms with Crippen LogP contribution in [0.25, 0.3) is 0 Å². The summed E-state index contributed by atoms with van der Waals surface area (Å²) in [4.78, 5) is 7.29. The van der Waals surface area contributed by atoms with Gasteiger partial charge in [-0.1, -0.05) is 378 Å². The minimum atomic E-state index is -2.67. The number of halogens is 4. The number of aryl methyl sites for hydroxylation is 5. The first-order valence-electron chi connectivity index (χ1n) is 57.5. The first-order valence-corrected chi connectivity index (χ1v) is 57.5. The lowest BCUT2D eigenvalue weighted by molar-refractivity contribution is -0.249. The maximum Gasteiger partial charge on any atom is 0.270 e. The van der Waals surface area contributed by atoms with Crippen LogP contribution in [0.3, 0.4) is 0 Å². The van der Waals surface area contributed by atoms with Crippen molar-refractivity contribution in [2.75, 3.05) is 93.3 Å². The van der Waals surface area contributed by atoms with Gasteiger partial charge < -0.3 is 40.8 Å². The first kappa shape index (κ1) is 116. The normalized spacial score (nSPS) is 30.8. The van der Waals surface area contributed by atoms with Gasteiger partial charge in [0.2, 0.25) is 0 Å².